The van der Waals surface area contributed by atoms with E-state index in [0.29, 0.717) is 52.5 Å². The minimum atomic E-state index is -5.08. The number of morpholine rings is 1. The second-order valence-electron chi connectivity index (χ2n) is 9.48. The first kappa shape index (κ1) is 31.9. The highest BCUT2D eigenvalue weighted by molar-refractivity contribution is 6.32. The van der Waals surface area contributed by atoms with E-state index < -0.39 is 12.1 Å². The highest BCUT2D eigenvalue weighted by Gasteiger charge is 2.38. The molecule has 0 aliphatic carbocycles. The van der Waals surface area contributed by atoms with E-state index in [-0.39, 0.29) is 5.91 Å². The fourth-order valence-corrected chi connectivity index (χ4v) is 4.36. The van der Waals surface area contributed by atoms with E-state index in [2.05, 4.69) is 41.1 Å². The van der Waals surface area contributed by atoms with Gasteiger partial charge in [0.15, 0.2) is 0 Å². The molecule has 1 saturated heterocycles. The zero-order valence-electron chi connectivity index (χ0n) is 23.6. The van der Waals surface area contributed by atoms with Crippen molar-refractivity contribution in [1.29, 1.82) is 0 Å². The van der Waals surface area contributed by atoms with Crippen molar-refractivity contribution in [2.45, 2.75) is 6.18 Å². The molecule has 0 bridgehead atoms. The molecule has 2 aromatic carbocycles. The van der Waals surface area contributed by atoms with Gasteiger partial charge in [0.05, 0.1) is 59.6 Å². The van der Waals surface area contributed by atoms with Crippen molar-refractivity contribution in [3.05, 3.63) is 89.8 Å². The first-order valence-electron chi connectivity index (χ1n) is 13.4. The quantitative estimate of drug-likeness (QED) is 0.228. The first-order valence-corrected chi connectivity index (χ1v) is 13.8. The molecule has 1 aliphatic rings. The van der Waals surface area contributed by atoms with Crippen LogP contribution in [0.3, 0.4) is 0 Å². The standard InChI is InChI=1S/C26H23ClN10O2.C2HF3O2/c27-22-6-1-2-7-23(22)37-26(32-33-34-37)31-20-16-29-36(17-20)21-5-3-4-18(14-21)25(38)30-19-8-9-24(28-15-19)35-10-12-39-13-11-35;3-2(4,5)1(6)7/h1-9,14-17H,10-13H2,(H,30,38)(H,31,32,34);(H,6,7). The van der Waals surface area contributed by atoms with Crippen LogP contribution in [0.25, 0.3) is 11.4 Å². The first-order chi connectivity index (χ1) is 22.1. The fraction of sp³-hybridized carbons (Fsp3) is 0.179. The van der Waals surface area contributed by atoms with Crippen molar-refractivity contribution in [3.63, 3.8) is 0 Å². The zero-order chi connectivity index (χ0) is 32.7. The predicted octanol–water partition coefficient (Wildman–Crippen LogP) is 4.36. The lowest BCUT2D eigenvalue weighted by molar-refractivity contribution is -0.192. The van der Waals surface area contributed by atoms with E-state index in [1.54, 1.807) is 47.5 Å². The van der Waals surface area contributed by atoms with Crippen LogP contribution in [0.1, 0.15) is 10.4 Å². The molecular weight excluding hydrogens is 633 g/mol. The molecule has 3 N–H and O–H groups in total. The number of hydrogen-bond acceptors (Lipinski definition) is 10. The van der Waals surface area contributed by atoms with E-state index in [9.17, 15) is 18.0 Å². The lowest BCUT2D eigenvalue weighted by Gasteiger charge is -2.27. The number of hydrogen-bond donors (Lipinski definition) is 3. The Kier molecular flexibility index (Phi) is 9.73. The number of aromatic nitrogens is 7. The van der Waals surface area contributed by atoms with E-state index in [1.807, 2.05) is 36.4 Å². The number of pyridine rings is 1. The van der Waals surface area contributed by atoms with Crippen molar-refractivity contribution in [1.82, 2.24) is 35.0 Å². The molecule has 18 heteroatoms. The average molecular weight is 657 g/mol. The molecule has 6 rings (SSSR count). The third kappa shape index (κ3) is 7.93. The van der Waals surface area contributed by atoms with Crippen LogP contribution >= 0.6 is 11.6 Å². The molecule has 0 saturated carbocycles. The Morgan fingerprint density at radius 3 is 2.43 bits per heavy atom. The molecule has 1 fully saturated rings. The van der Waals surface area contributed by atoms with Gasteiger partial charge < -0.3 is 25.4 Å². The summed E-state index contributed by atoms with van der Waals surface area (Å²) in [5.74, 6) is -1.76. The lowest BCUT2D eigenvalue weighted by Crippen LogP contribution is -2.36. The number of benzene rings is 2. The maximum absolute atomic E-state index is 13.0. The number of rotatable bonds is 7. The highest BCUT2D eigenvalue weighted by Crippen LogP contribution is 2.24. The van der Waals surface area contributed by atoms with Crippen LogP contribution in [0.15, 0.2) is 79.3 Å². The predicted molar refractivity (Wildman–Crippen MR) is 160 cm³/mol. The summed E-state index contributed by atoms with van der Waals surface area (Å²) >= 11 is 6.30. The molecule has 0 unspecified atom stereocenters. The van der Waals surface area contributed by atoms with Gasteiger partial charge in [-0.25, -0.2) is 14.5 Å². The molecule has 1 amide bonds. The third-order valence-electron chi connectivity index (χ3n) is 6.35. The van der Waals surface area contributed by atoms with Gasteiger partial charge in [0, 0.05) is 18.7 Å². The summed E-state index contributed by atoms with van der Waals surface area (Å²) in [5, 5.41) is 30.0. The van der Waals surface area contributed by atoms with Gasteiger partial charge in [-0.1, -0.05) is 34.9 Å². The summed E-state index contributed by atoms with van der Waals surface area (Å²) in [4.78, 5) is 28.5. The average Bonchev–Trinajstić information content (AvgIpc) is 3.72. The van der Waals surface area contributed by atoms with Crippen LogP contribution in [-0.2, 0) is 9.53 Å². The minimum absolute atomic E-state index is 0.248. The largest absolute Gasteiger partial charge is 0.490 e. The van der Waals surface area contributed by atoms with Crippen LogP contribution in [0.2, 0.25) is 5.02 Å². The van der Waals surface area contributed by atoms with Crippen molar-refractivity contribution >= 4 is 46.6 Å². The second kappa shape index (κ2) is 14.0. The summed E-state index contributed by atoms with van der Waals surface area (Å²) < 4.78 is 40.3. The number of nitrogens with zero attached hydrogens (tertiary/aromatic N) is 8. The summed E-state index contributed by atoms with van der Waals surface area (Å²) in [7, 11) is 0. The van der Waals surface area contributed by atoms with Crippen LogP contribution in [0.5, 0.6) is 0 Å². The highest BCUT2D eigenvalue weighted by atomic mass is 35.5. The Morgan fingerprint density at radius 1 is 0.978 bits per heavy atom. The van der Waals surface area contributed by atoms with E-state index >= 15 is 0 Å². The maximum Gasteiger partial charge on any atom is 0.490 e. The molecule has 46 heavy (non-hydrogen) atoms. The maximum atomic E-state index is 13.0. The van der Waals surface area contributed by atoms with Crippen molar-refractivity contribution in [2.24, 2.45) is 0 Å². The van der Waals surface area contributed by atoms with E-state index in [4.69, 9.17) is 26.2 Å². The minimum Gasteiger partial charge on any atom is -0.475 e. The van der Waals surface area contributed by atoms with Gasteiger partial charge in [-0.05, 0) is 52.9 Å². The Labute approximate surface area is 263 Å². The number of carboxylic acids is 1. The van der Waals surface area contributed by atoms with Crippen molar-refractivity contribution in [3.8, 4) is 11.4 Å². The molecular formula is C28H24ClF3N10O4. The van der Waals surface area contributed by atoms with Crippen molar-refractivity contribution in [2.75, 3.05) is 41.8 Å². The van der Waals surface area contributed by atoms with Gasteiger partial charge in [0.2, 0.25) is 0 Å². The Bertz CT molecular complexity index is 1810. The van der Waals surface area contributed by atoms with Gasteiger partial charge >= 0.3 is 12.1 Å². The summed E-state index contributed by atoms with van der Waals surface area (Å²) in [6.45, 7) is 2.97. The number of anilines is 4. The fourth-order valence-electron chi connectivity index (χ4n) is 4.14. The number of nitrogens with one attached hydrogen (secondary N) is 2. The molecule has 0 atom stereocenters. The Morgan fingerprint density at radius 2 is 1.74 bits per heavy atom. The lowest BCUT2D eigenvalue weighted by atomic mass is 10.2. The molecule has 5 aromatic rings. The molecule has 0 spiro atoms. The number of ether oxygens (including phenoxy) is 1. The van der Waals surface area contributed by atoms with E-state index in [1.165, 1.54) is 4.68 Å². The molecule has 14 nitrogen and oxygen atoms in total. The van der Waals surface area contributed by atoms with Crippen LogP contribution in [0, 0.1) is 0 Å². The molecule has 4 heterocycles. The summed E-state index contributed by atoms with van der Waals surface area (Å²) in [6.07, 6.45) is -0.00874. The molecule has 3 aromatic heterocycles. The van der Waals surface area contributed by atoms with Gasteiger partial charge in [-0.15, -0.1) is 0 Å². The number of para-hydroxylation sites is 1. The SMILES string of the molecule is O=C(Nc1ccc(N2CCOCC2)nc1)c1cccc(-n2cc(Nc3nnnn3-c3ccccc3Cl)cn2)c1.O=C(O)C(F)(F)F. The number of aliphatic carboxylic acids is 1. The number of amides is 1. The van der Waals surface area contributed by atoms with Crippen LogP contribution in [-0.4, -0.2) is 84.4 Å². The summed E-state index contributed by atoms with van der Waals surface area (Å²) in [6, 6.07) is 18.2. The monoisotopic (exact) mass is 656 g/mol. The number of carbonyl (C=O) groups is 2. The number of halogens is 4. The summed E-state index contributed by atoms with van der Waals surface area (Å²) in [5.41, 5.74) is 3.10. The number of carboxylic acid groups (broad SMARTS) is 1. The Balaban J connectivity index is 0.000000537. The second-order valence-corrected chi connectivity index (χ2v) is 9.88. The smallest absolute Gasteiger partial charge is 0.475 e. The normalized spacial score (nSPS) is 13.0. The zero-order valence-corrected chi connectivity index (χ0v) is 24.4. The van der Waals surface area contributed by atoms with Gasteiger partial charge in [0.1, 0.15) is 5.82 Å². The van der Waals surface area contributed by atoms with Gasteiger partial charge in [-0.2, -0.15) is 23.0 Å². The molecule has 238 valence electrons. The van der Waals surface area contributed by atoms with Crippen molar-refractivity contribution < 1.29 is 32.6 Å². The number of alkyl halides is 3. The van der Waals surface area contributed by atoms with Gasteiger partial charge in [0.25, 0.3) is 11.9 Å². The van der Waals surface area contributed by atoms with E-state index in [0.717, 1.165) is 18.9 Å². The van der Waals surface area contributed by atoms with Crippen LogP contribution in [0.4, 0.5) is 36.3 Å². The van der Waals surface area contributed by atoms with Crippen LogP contribution < -0.4 is 15.5 Å². The molecule has 0 radical (unpaired) electrons. The topological polar surface area (TPSA) is 165 Å². The molecule has 1 aliphatic heterocycles. The van der Waals surface area contributed by atoms with Gasteiger partial charge in [-0.3, -0.25) is 4.79 Å². The Hall–Kier alpha value is -5.55. The number of tetrazole rings is 1. The number of carbonyl (C=O) groups excluding carboxylic acids is 1. The third-order valence-corrected chi connectivity index (χ3v) is 6.66.